The fourth-order valence-electron chi connectivity index (χ4n) is 5.66. The number of rotatable bonds is 5. The molecule has 0 radical (unpaired) electrons. The molecular formula is C26H36N4O4. The van der Waals surface area contributed by atoms with E-state index in [4.69, 9.17) is 4.74 Å². The topological polar surface area (TPSA) is 106 Å². The summed E-state index contributed by atoms with van der Waals surface area (Å²) >= 11 is 0. The molecule has 1 aromatic carbocycles. The highest BCUT2D eigenvalue weighted by atomic mass is 16.5. The normalized spacial score (nSPS) is 27.2. The zero-order valence-electron chi connectivity index (χ0n) is 20.3. The number of nitrogens with zero attached hydrogens (tertiary/aromatic N) is 3. The fourth-order valence-corrected chi connectivity index (χ4v) is 5.66. The van der Waals surface area contributed by atoms with Crippen LogP contribution in [-0.4, -0.2) is 60.4 Å². The average molecular weight is 469 g/mol. The van der Waals surface area contributed by atoms with E-state index in [1.54, 1.807) is 12.1 Å². The first-order valence-electron chi connectivity index (χ1n) is 12.5. The lowest BCUT2D eigenvalue weighted by atomic mass is 9.78. The molecule has 2 N–H and O–H groups in total. The number of likely N-dealkylation sites (tertiary alicyclic amines) is 1. The Bertz CT molecular complexity index is 951. The Kier molecular flexibility index (Phi) is 7.32. The van der Waals surface area contributed by atoms with Crippen molar-refractivity contribution in [1.82, 2.24) is 4.90 Å². The Hall–Kier alpha value is -2.79. The zero-order chi connectivity index (χ0) is 24.3. The van der Waals surface area contributed by atoms with Crippen LogP contribution in [0.3, 0.4) is 0 Å². The van der Waals surface area contributed by atoms with Crippen LogP contribution >= 0.6 is 0 Å². The van der Waals surface area contributed by atoms with Crippen molar-refractivity contribution in [3.63, 3.8) is 0 Å². The van der Waals surface area contributed by atoms with Gasteiger partial charge < -0.3 is 19.6 Å². The minimum absolute atomic E-state index is 0.230. The smallest absolute Gasteiger partial charge is 0.411 e. The van der Waals surface area contributed by atoms with Crippen LogP contribution in [-0.2, 0) is 9.53 Å². The molecule has 8 nitrogen and oxygen atoms in total. The molecule has 3 aliphatic rings. The molecule has 34 heavy (non-hydrogen) atoms. The van der Waals surface area contributed by atoms with Gasteiger partial charge in [0.15, 0.2) is 0 Å². The molecule has 0 bridgehead atoms. The first kappa shape index (κ1) is 24.3. The van der Waals surface area contributed by atoms with E-state index in [0.29, 0.717) is 24.4 Å². The van der Waals surface area contributed by atoms with Crippen molar-refractivity contribution in [3.05, 3.63) is 23.8 Å². The second-order valence-corrected chi connectivity index (χ2v) is 10.5. The molecule has 2 heterocycles. The third kappa shape index (κ3) is 5.15. The summed E-state index contributed by atoms with van der Waals surface area (Å²) in [7, 11) is 0. The molecule has 8 heteroatoms. The highest BCUT2D eigenvalue weighted by molar-refractivity contribution is 5.87. The quantitative estimate of drug-likeness (QED) is 0.679. The number of carbonyl (C=O) groups is 2. The lowest BCUT2D eigenvalue weighted by Gasteiger charge is -2.41. The van der Waals surface area contributed by atoms with Gasteiger partial charge in [0.2, 0.25) is 5.91 Å². The summed E-state index contributed by atoms with van der Waals surface area (Å²) < 4.78 is 5.17. The zero-order valence-corrected chi connectivity index (χ0v) is 20.3. The summed E-state index contributed by atoms with van der Waals surface area (Å²) in [5.41, 5.74) is 1.39. The van der Waals surface area contributed by atoms with Gasteiger partial charge in [-0.15, -0.1) is 0 Å². The van der Waals surface area contributed by atoms with Gasteiger partial charge in [0.25, 0.3) is 0 Å². The Balaban J connectivity index is 1.45. The predicted molar refractivity (Wildman–Crippen MR) is 129 cm³/mol. The predicted octanol–water partition coefficient (Wildman–Crippen LogP) is 3.89. The van der Waals surface area contributed by atoms with Gasteiger partial charge in [0.1, 0.15) is 6.07 Å². The Morgan fingerprint density at radius 2 is 2.03 bits per heavy atom. The van der Waals surface area contributed by atoms with Crippen molar-refractivity contribution in [2.24, 2.45) is 11.3 Å². The molecule has 2 saturated heterocycles. The largest absolute Gasteiger partial charge is 0.449 e. The standard InChI is InChI=1S/C26H36N4O4/c1-18(2)16-34-25(33)28-20-4-9-23(19(14-20)15-27)29-12-3-10-26(17-29)11-13-30(24(26)32)21-5-7-22(31)8-6-21/h4,9,14,18,21-22,31H,3,5-8,10-13,16-17H2,1-2H3,(H,28,33)/t21?,22?,26-/m1/s1. The van der Waals surface area contributed by atoms with Crippen molar-refractivity contribution in [3.8, 4) is 6.07 Å². The van der Waals surface area contributed by atoms with Crippen molar-refractivity contribution in [1.29, 1.82) is 5.26 Å². The number of amides is 2. The van der Waals surface area contributed by atoms with Gasteiger partial charge in [-0.05, 0) is 69.1 Å². The number of hydrogen-bond acceptors (Lipinski definition) is 6. The van der Waals surface area contributed by atoms with E-state index in [0.717, 1.165) is 63.7 Å². The molecule has 1 saturated carbocycles. The van der Waals surface area contributed by atoms with Gasteiger partial charge in [0.05, 0.1) is 29.4 Å². The summed E-state index contributed by atoms with van der Waals surface area (Å²) in [4.78, 5) is 29.8. The van der Waals surface area contributed by atoms with Crippen LogP contribution in [0.1, 0.15) is 64.4 Å². The Labute approximate surface area is 201 Å². The molecule has 1 atom stereocenters. The summed E-state index contributed by atoms with van der Waals surface area (Å²) in [5, 5.41) is 22.3. The maximum Gasteiger partial charge on any atom is 0.411 e. The minimum Gasteiger partial charge on any atom is -0.449 e. The molecule has 1 aromatic rings. The van der Waals surface area contributed by atoms with Crippen LogP contribution < -0.4 is 10.2 Å². The Morgan fingerprint density at radius 1 is 1.26 bits per heavy atom. The maximum atomic E-state index is 13.6. The number of benzene rings is 1. The highest BCUT2D eigenvalue weighted by Crippen LogP contribution is 2.44. The number of aliphatic hydroxyl groups excluding tert-OH is 1. The summed E-state index contributed by atoms with van der Waals surface area (Å²) in [6, 6.07) is 7.80. The van der Waals surface area contributed by atoms with Gasteiger partial charge in [-0.2, -0.15) is 5.26 Å². The number of nitrogens with one attached hydrogen (secondary N) is 1. The SMILES string of the molecule is CC(C)COC(=O)Nc1ccc(N2CCC[C@@]3(CCN(C4CCC(O)CC4)C3=O)C2)c(C#N)c1. The van der Waals surface area contributed by atoms with E-state index in [1.807, 2.05) is 19.9 Å². The van der Waals surface area contributed by atoms with Crippen LogP contribution in [0.25, 0.3) is 0 Å². The molecule has 1 spiro atoms. The molecule has 4 rings (SSSR count). The van der Waals surface area contributed by atoms with Gasteiger partial charge in [-0.25, -0.2) is 4.79 Å². The number of hydrogen-bond donors (Lipinski definition) is 2. The summed E-state index contributed by atoms with van der Waals surface area (Å²) in [6.07, 6.45) is 5.13. The van der Waals surface area contributed by atoms with E-state index in [-0.39, 0.29) is 24.0 Å². The van der Waals surface area contributed by atoms with Gasteiger partial charge in [0, 0.05) is 31.4 Å². The van der Waals surface area contributed by atoms with Crippen molar-refractivity contribution >= 4 is 23.4 Å². The molecule has 2 aliphatic heterocycles. The van der Waals surface area contributed by atoms with Gasteiger partial charge >= 0.3 is 6.09 Å². The lowest BCUT2D eigenvalue weighted by molar-refractivity contribution is -0.139. The van der Waals surface area contributed by atoms with Crippen molar-refractivity contribution in [2.45, 2.75) is 70.9 Å². The lowest BCUT2D eigenvalue weighted by Crippen LogP contribution is -2.50. The minimum atomic E-state index is -0.533. The van der Waals surface area contributed by atoms with E-state index in [1.165, 1.54) is 0 Å². The molecule has 2 amide bonds. The molecule has 0 aromatic heterocycles. The summed E-state index contributed by atoms with van der Waals surface area (Å²) in [5.74, 6) is 0.483. The number of ether oxygens (including phenoxy) is 1. The number of aliphatic hydroxyl groups is 1. The van der Waals surface area contributed by atoms with Gasteiger partial charge in [-0.3, -0.25) is 10.1 Å². The van der Waals surface area contributed by atoms with Gasteiger partial charge in [-0.1, -0.05) is 13.8 Å². The van der Waals surface area contributed by atoms with Crippen molar-refractivity contribution in [2.75, 3.05) is 36.5 Å². The molecule has 3 fully saturated rings. The van der Waals surface area contributed by atoms with E-state index >= 15 is 0 Å². The molecule has 1 aliphatic carbocycles. The molecule has 0 unspecified atom stereocenters. The monoisotopic (exact) mass is 468 g/mol. The van der Waals surface area contributed by atoms with Crippen molar-refractivity contribution < 1.29 is 19.4 Å². The van der Waals surface area contributed by atoms with E-state index in [2.05, 4.69) is 21.2 Å². The fraction of sp³-hybridized carbons (Fsp3) is 0.654. The third-order valence-electron chi connectivity index (χ3n) is 7.48. The highest BCUT2D eigenvalue weighted by Gasteiger charge is 2.50. The third-order valence-corrected chi connectivity index (χ3v) is 7.48. The van der Waals surface area contributed by atoms with E-state index in [9.17, 15) is 20.0 Å². The van der Waals surface area contributed by atoms with Crippen LogP contribution in [0.5, 0.6) is 0 Å². The average Bonchev–Trinajstić information content (AvgIpc) is 3.13. The van der Waals surface area contributed by atoms with Crippen LogP contribution in [0, 0.1) is 22.7 Å². The number of nitriles is 1. The second-order valence-electron chi connectivity index (χ2n) is 10.5. The first-order chi connectivity index (χ1) is 16.3. The molecular weight excluding hydrogens is 432 g/mol. The van der Waals surface area contributed by atoms with E-state index < -0.39 is 11.5 Å². The number of carbonyl (C=O) groups excluding carboxylic acids is 2. The van der Waals surface area contributed by atoms with Crippen LogP contribution in [0.2, 0.25) is 0 Å². The second kappa shape index (κ2) is 10.2. The summed E-state index contributed by atoms with van der Waals surface area (Å²) in [6.45, 7) is 6.44. The van der Waals surface area contributed by atoms with Crippen LogP contribution in [0.4, 0.5) is 16.2 Å². The Morgan fingerprint density at radius 3 is 2.74 bits per heavy atom. The number of anilines is 2. The number of piperidine rings is 1. The molecule has 184 valence electrons. The first-order valence-corrected chi connectivity index (χ1v) is 12.5. The van der Waals surface area contributed by atoms with Crippen LogP contribution in [0.15, 0.2) is 18.2 Å². The maximum absolute atomic E-state index is 13.6.